The van der Waals surface area contributed by atoms with Gasteiger partial charge in [-0.15, -0.1) is 24.0 Å². The molecular weight excluding hydrogens is 470 g/mol. The molecule has 7 heteroatoms. The van der Waals surface area contributed by atoms with Gasteiger partial charge in [-0.25, -0.2) is 4.39 Å². The minimum atomic E-state index is -0.304. The molecule has 0 spiro atoms. The fraction of sp³-hybridized carbons (Fsp3) is 0.381. The van der Waals surface area contributed by atoms with Crippen LogP contribution in [-0.2, 0) is 13.1 Å². The van der Waals surface area contributed by atoms with E-state index in [2.05, 4.69) is 52.8 Å². The summed E-state index contributed by atoms with van der Waals surface area (Å²) in [5.41, 5.74) is 2.52. The van der Waals surface area contributed by atoms with Gasteiger partial charge in [-0.3, -0.25) is 4.99 Å². The van der Waals surface area contributed by atoms with Crippen LogP contribution < -0.4 is 15.4 Å². The minimum absolute atomic E-state index is 0. The second-order valence-electron chi connectivity index (χ2n) is 6.70. The lowest BCUT2D eigenvalue weighted by Gasteiger charge is -2.19. The largest absolute Gasteiger partial charge is 0.489 e. The molecule has 0 radical (unpaired) electrons. The molecular formula is C21H30FIN4O. The Balaban J connectivity index is 0.00000392. The number of rotatable bonds is 8. The quantitative estimate of drug-likeness (QED) is 0.330. The Morgan fingerprint density at radius 3 is 2.46 bits per heavy atom. The highest BCUT2D eigenvalue weighted by Crippen LogP contribution is 2.13. The molecule has 0 aliphatic rings. The van der Waals surface area contributed by atoms with Crippen LogP contribution in [0, 0.1) is 5.82 Å². The fourth-order valence-electron chi connectivity index (χ4n) is 2.68. The van der Waals surface area contributed by atoms with Crippen molar-refractivity contribution in [3.8, 4) is 5.75 Å². The first-order valence-electron chi connectivity index (χ1n) is 9.06. The number of ether oxygens (including phenoxy) is 1. The molecule has 0 aliphatic heterocycles. The lowest BCUT2D eigenvalue weighted by Crippen LogP contribution is -2.41. The Morgan fingerprint density at radius 2 is 1.82 bits per heavy atom. The summed E-state index contributed by atoms with van der Waals surface area (Å²) in [5.74, 6) is 0.913. The summed E-state index contributed by atoms with van der Waals surface area (Å²) in [6, 6.07) is 14.5. The van der Waals surface area contributed by atoms with Gasteiger partial charge >= 0.3 is 0 Å². The van der Waals surface area contributed by atoms with Crippen molar-refractivity contribution in [2.24, 2.45) is 4.99 Å². The van der Waals surface area contributed by atoms with Gasteiger partial charge in [-0.2, -0.15) is 0 Å². The summed E-state index contributed by atoms with van der Waals surface area (Å²) < 4.78 is 19.0. The van der Waals surface area contributed by atoms with Crippen LogP contribution in [0.4, 0.5) is 4.39 Å². The van der Waals surface area contributed by atoms with Crippen molar-refractivity contribution in [3.63, 3.8) is 0 Å². The average Bonchev–Trinajstić information content (AvgIpc) is 2.62. The number of hydrogen-bond donors (Lipinski definition) is 2. The summed E-state index contributed by atoms with van der Waals surface area (Å²) in [5, 5.41) is 6.58. The highest BCUT2D eigenvalue weighted by molar-refractivity contribution is 14.0. The van der Waals surface area contributed by atoms with Gasteiger partial charge in [0, 0.05) is 26.2 Å². The zero-order valence-electron chi connectivity index (χ0n) is 16.9. The van der Waals surface area contributed by atoms with Crippen molar-refractivity contribution in [2.45, 2.75) is 26.1 Å². The van der Waals surface area contributed by atoms with Gasteiger partial charge in [0.2, 0.25) is 0 Å². The second-order valence-corrected chi connectivity index (χ2v) is 6.70. The molecule has 2 aromatic carbocycles. The van der Waals surface area contributed by atoms with E-state index in [-0.39, 0.29) is 35.9 Å². The van der Waals surface area contributed by atoms with Crippen LogP contribution in [0.2, 0.25) is 0 Å². The van der Waals surface area contributed by atoms with Gasteiger partial charge in [0.25, 0.3) is 0 Å². The maximum Gasteiger partial charge on any atom is 0.191 e. The van der Waals surface area contributed by atoms with E-state index < -0.39 is 0 Å². The Labute approximate surface area is 184 Å². The van der Waals surface area contributed by atoms with E-state index in [0.29, 0.717) is 24.8 Å². The third-order valence-electron chi connectivity index (χ3n) is 3.97. The first-order chi connectivity index (χ1) is 13.0. The third kappa shape index (κ3) is 8.43. The lowest BCUT2D eigenvalue weighted by atomic mass is 10.1. The van der Waals surface area contributed by atoms with Crippen LogP contribution in [0.5, 0.6) is 5.75 Å². The molecule has 2 N–H and O–H groups in total. The van der Waals surface area contributed by atoms with Gasteiger partial charge < -0.3 is 20.3 Å². The van der Waals surface area contributed by atoms with Crippen LogP contribution in [0.1, 0.15) is 18.1 Å². The molecule has 0 heterocycles. The van der Waals surface area contributed by atoms with E-state index in [1.54, 1.807) is 19.2 Å². The maximum atomic E-state index is 13.2. The first kappa shape index (κ1) is 24.2. The molecule has 0 saturated heterocycles. The molecule has 0 saturated carbocycles. The highest BCUT2D eigenvalue weighted by atomic mass is 127. The first-order valence-corrected chi connectivity index (χ1v) is 9.06. The number of benzene rings is 2. The smallest absolute Gasteiger partial charge is 0.191 e. The predicted octanol–water partition coefficient (Wildman–Crippen LogP) is 3.64. The van der Waals surface area contributed by atoms with Crippen molar-refractivity contribution >= 4 is 29.9 Å². The number of halogens is 2. The number of nitrogens with zero attached hydrogens (tertiary/aromatic N) is 2. The van der Waals surface area contributed by atoms with Gasteiger partial charge in [-0.05, 0) is 44.3 Å². The van der Waals surface area contributed by atoms with Crippen LogP contribution in [0.25, 0.3) is 0 Å². The maximum absolute atomic E-state index is 13.2. The zero-order chi connectivity index (χ0) is 19.6. The summed E-state index contributed by atoms with van der Waals surface area (Å²) >= 11 is 0. The normalized spacial score (nSPS) is 12.3. The molecule has 1 atom stereocenters. The molecule has 0 amide bonds. The second kappa shape index (κ2) is 12.6. The van der Waals surface area contributed by atoms with Gasteiger partial charge in [-0.1, -0.05) is 30.3 Å². The Bertz CT molecular complexity index is 755. The summed E-state index contributed by atoms with van der Waals surface area (Å²) in [6.07, 6.45) is -0.133. The molecule has 154 valence electrons. The molecule has 2 aromatic rings. The molecule has 28 heavy (non-hydrogen) atoms. The van der Waals surface area contributed by atoms with Crippen molar-refractivity contribution in [2.75, 3.05) is 27.7 Å². The highest BCUT2D eigenvalue weighted by Gasteiger charge is 2.08. The van der Waals surface area contributed by atoms with Crippen molar-refractivity contribution in [1.29, 1.82) is 0 Å². The summed E-state index contributed by atoms with van der Waals surface area (Å²) in [6.45, 7) is 4.05. The van der Waals surface area contributed by atoms with Crippen LogP contribution in [-0.4, -0.2) is 44.7 Å². The number of nitrogens with one attached hydrogen (secondary N) is 2. The zero-order valence-corrected chi connectivity index (χ0v) is 19.2. The average molecular weight is 500 g/mol. The van der Waals surface area contributed by atoms with E-state index in [4.69, 9.17) is 4.74 Å². The van der Waals surface area contributed by atoms with Crippen molar-refractivity contribution in [3.05, 3.63) is 65.5 Å². The lowest BCUT2D eigenvalue weighted by molar-refractivity contribution is 0.223. The molecule has 0 aromatic heterocycles. The number of hydrogen-bond acceptors (Lipinski definition) is 3. The summed E-state index contributed by atoms with van der Waals surface area (Å²) in [7, 11) is 5.86. The monoisotopic (exact) mass is 500 g/mol. The Kier molecular flexibility index (Phi) is 10.8. The van der Waals surface area contributed by atoms with Crippen LogP contribution in [0.3, 0.4) is 0 Å². The van der Waals surface area contributed by atoms with Crippen molar-refractivity contribution in [1.82, 2.24) is 15.5 Å². The Morgan fingerprint density at radius 1 is 1.11 bits per heavy atom. The van der Waals surface area contributed by atoms with E-state index in [1.807, 2.05) is 13.0 Å². The van der Waals surface area contributed by atoms with Gasteiger partial charge in [0.05, 0.1) is 6.54 Å². The topological polar surface area (TPSA) is 48.9 Å². The molecule has 5 nitrogen and oxygen atoms in total. The number of aliphatic imine (C=N–C) groups is 1. The minimum Gasteiger partial charge on any atom is -0.489 e. The fourth-order valence-corrected chi connectivity index (χ4v) is 2.68. The van der Waals surface area contributed by atoms with E-state index in [9.17, 15) is 4.39 Å². The predicted molar refractivity (Wildman–Crippen MR) is 124 cm³/mol. The molecule has 1 unspecified atom stereocenters. The molecule has 0 aliphatic carbocycles. The van der Waals surface area contributed by atoms with E-state index in [0.717, 1.165) is 6.54 Å². The Hall–Kier alpha value is -1.87. The van der Waals surface area contributed by atoms with Crippen LogP contribution >= 0.6 is 24.0 Å². The summed E-state index contributed by atoms with van der Waals surface area (Å²) in [4.78, 5) is 6.41. The van der Waals surface area contributed by atoms with Gasteiger partial charge in [0.15, 0.2) is 5.96 Å². The SMILES string of the molecule is CN=C(NCc1ccccc1CN(C)C)NCC(C)Oc1cccc(F)c1.I. The van der Waals surface area contributed by atoms with Crippen LogP contribution in [0.15, 0.2) is 53.5 Å². The van der Waals surface area contributed by atoms with E-state index >= 15 is 0 Å². The van der Waals surface area contributed by atoms with E-state index in [1.165, 1.54) is 23.3 Å². The molecule has 0 fully saturated rings. The standard InChI is InChI=1S/C21H29FN4O.HI/c1-16(27-20-11-7-10-19(22)12-20)13-24-21(23-2)25-14-17-8-5-6-9-18(17)15-26(3)4;/h5-12,16H,13-15H2,1-4H3,(H2,23,24,25);1H. The molecule has 2 rings (SSSR count). The molecule has 0 bridgehead atoms. The number of guanidine groups is 1. The third-order valence-corrected chi connectivity index (χ3v) is 3.97. The van der Waals surface area contributed by atoms with Crippen molar-refractivity contribution < 1.29 is 9.13 Å². The van der Waals surface area contributed by atoms with Gasteiger partial charge in [0.1, 0.15) is 17.7 Å².